The molecule has 136 valence electrons. The van der Waals surface area contributed by atoms with Crippen LogP contribution in [0.15, 0.2) is 48.5 Å². The molecule has 2 aromatic rings. The van der Waals surface area contributed by atoms with Crippen molar-refractivity contribution in [3.8, 4) is 5.75 Å². The molecule has 2 N–H and O–H groups in total. The number of hydrogen-bond acceptors (Lipinski definition) is 5. The van der Waals surface area contributed by atoms with Crippen LogP contribution in [-0.2, 0) is 4.79 Å². The molecule has 26 heavy (non-hydrogen) atoms. The Labute approximate surface area is 165 Å². The van der Waals surface area contributed by atoms with Crippen molar-refractivity contribution < 1.29 is 14.3 Å². The monoisotopic (exact) mass is 408 g/mol. The third-order valence-corrected chi connectivity index (χ3v) is 6.90. The van der Waals surface area contributed by atoms with E-state index in [1.54, 1.807) is 24.3 Å². The lowest BCUT2D eigenvalue weighted by molar-refractivity contribution is -0.123. The number of carbonyl (C=O) groups is 2. The van der Waals surface area contributed by atoms with E-state index >= 15 is 0 Å². The molecular formula is C18H17ClN2O3S2. The molecule has 0 aromatic heterocycles. The number of benzene rings is 2. The summed E-state index contributed by atoms with van der Waals surface area (Å²) in [5.74, 6) is 2.06. The highest BCUT2D eigenvalue weighted by Gasteiger charge is 2.21. The maximum Gasteiger partial charge on any atom is 0.276 e. The second-order valence-electron chi connectivity index (χ2n) is 5.41. The van der Waals surface area contributed by atoms with Crippen LogP contribution in [0.3, 0.4) is 0 Å². The number of para-hydroxylation sites is 1. The van der Waals surface area contributed by atoms with Gasteiger partial charge in [-0.3, -0.25) is 20.4 Å². The van der Waals surface area contributed by atoms with Crippen LogP contribution in [-0.4, -0.2) is 29.9 Å². The number of carbonyl (C=O) groups excluding carboxylic acids is 2. The van der Waals surface area contributed by atoms with E-state index < -0.39 is 11.8 Å². The summed E-state index contributed by atoms with van der Waals surface area (Å²) in [7, 11) is 0. The van der Waals surface area contributed by atoms with Crippen LogP contribution in [0.1, 0.15) is 20.5 Å². The Kier molecular flexibility index (Phi) is 6.71. The molecule has 1 aliphatic rings. The number of rotatable bonds is 5. The van der Waals surface area contributed by atoms with E-state index in [1.807, 2.05) is 47.8 Å². The highest BCUT2D eigenvalue weighted by molar-refractivity contribution is 8.19. The molecule has 2 aromatic carbocycles. The van der Waals surface area contributed by atoms with Crippen molar-refractivity contribution in [2.45, 2.75) is 4.58 Å². The Morgan fingerprint density at radius 2 is 1.73 bits per heavy atom. The van der Waals surface area contributed by atoms with Crippen molar-refractivity contribution in [3.63, 3.8) is 0 Å². The predicted octanol–water partition coefficient (Wildman–Crippen LogP) is 3.66. The summed E-state index contributed by atoms with van der Waals surface area (Å²) in [6, 6.07) is 14.1. The van der Waals surface area contributed by atoms with Gasteiger partial charge in [-0.1, -0.05) is 29.8 Å². The second-order valence-corrected chi connectivity index (χ2v) is 8.57. The molecule has 8 heteroatoms. The van der Waals surface area contributed by atoms with Crippen LogP contribution in [0, 0.1) is 0 Å². The first kappa shape index (κ1) is 18.9. The third-order valence-electron chi connectivity index (χ3n) is 3.58. The van der Waals surface area contributed by atoms with Gasteiger partial charge in [-0.05, 0) is 30.3 Å². The molecule has 1 heterocycles. The van der Waals surface area contributed by atoms with Crippen LogP contribution < -0.4 is 15.6 Å². The fraction of sp³-hybridized carbons (Fsp3) is 0.222. The van der Waals surface area contributed by atoms with E-state index in [-0.39, 0.29) is 6.61 Å². The van der Waals surface area contributed by atoms with Crippen molar-refractivity contribution in [2.75, 3.05) is 18.1 Å². The summed E-state index contributed by atoms with van der Waals surface area (Å²) >= 11 is 9.53. The molecule has 0 unspecified atom stereocenters. The highest BCUT2D eigenvalue weighted by atomic mass is 35.5. The van der Waals surface area contributed by atoms with Crippen molar-refractivity contribution >= 4 is 46.9 Å². The zero-order valence-corrected chi connectivity index (χ0v) is 16.1. The predicted molar refractivity (Wildman–Crippen MR) is 107 cm³/mol. The number of ether oxygens (including phenoxy) is 1. The standard InChI is InChI=1S/C18H17ClN2O3S2/c19-13-7-5-12(6-8-13)17(23)21-20-16(22)11-24-15-4-2-1-3-14(15)18-25-9-10-26-18/h1-8,18H,9-11H2,(H,20,22)(H,21,23). The fourth-order valence-electron chi connectivity index (χ4n) is 2.32. The van der Waals surface area contributed by atoms with Gasteiger partial charge in [0.25, 0.3) is 11.8 Å². The van der Waals surface area contributed by atoms with Crippen LogP contribution in [0.25, 0.3) is 0 Å². The fourth-order valence-corrected chi connectivity index (χ4v) is 5.36. The molecule has 0 spiro atoms. The van der Waals surface area contributed by atoms with Crippen molar-refractivity contribution in [1.82, 2.24) is 10.9 Å². The average molecular weight is 409 g/mol. The summed E-state index contributed by atoms with van der Waals surface area (Å²) < 4.78 is 5.99. The Hall–Kier alpha value is -1.83. The molecule has 0 bridgehead atoms. The average Bonchev–Trinajstić information content (AvgIpc) is 3.20. The molecule has 0 atom stereocenters. The van der Waals surface area contributed by atoms with E-state index in [1.165, 1.54) is 0 Å². The van der Waals surface area contributed by atoms with E-state index in [4.69, 9.17) is 16.3 Å². The molecular weight excluding hydrogens is 392 g/mol. The van der Waals surface area contributed by atoms with Gasteiger partial charge in [-0.25, -0.2) is 0 Å². The van der Waals surface area contributed by atoms with Gasteiger partial charge in [0.1, 0.15) is 5.75 Å². The minimum Gasteiger partial charge on any atom is -0.483 e. The van der Waals surface area contributed by atoms with Gasteiger partial charge in [0.05, 0.1) is 4.58 Å². The van der Waals surface area contributed by atoms with Gasteiger partial charge in [0.15, 0.2) is 6.61 Å². The molecule has 0 radical (unpaired) electrons. The van der Waals surface area contributed by atoms with E-state index in [2.05, 4.69) is 10.9 Å². The van der Waals surface area contributed by atoms with Gasteiger partial charge < -0.3 is 4.74 Å². The van der Waals surface area contributed by atoms with Crippen LogP contribution in [0.4, 0.5) is 0 Å². The first-order valence-electron chi connectivity index (χ1n) is 7.93. The van der Waals surface area contributed by atoms with Crippen molar-refractivity contribution in [1.29, 1.82) is 0 Å². The largest absolute Gasteiger partial charge is 0.483 e. The number of amides is 2. The molecule has 0 saturated carbocycles. The van der Waals surface area contributed by atoms with Crippen LogP contribution >= 0.6 is 35.1 Å². The van der Waals surface area contributed by atoms with Gasteiger partial charge in [0, 0.05) is 27.7 Å². The minimum absolute atomic E-state index is 0.181. The molecule has 1 saturated heterocycles. The van der Waals surface area contributed by atoms with Gasteiger partial charge >= 0.3 is 0 Å². The number of thioether (sulfide) groups is 2. The smallest absolute Gasteiger partial charge is 0.276 e. The lowest BCUT2D eigenvalue weighted by atomic mass is 10.2. The first-order valence-corrected chi connectivity index (χ1v) is 10.4. The van der Waals surface area contributed by atoms with E-state index in [9.17, 15) is 9.59 Å². The van der Waals surface area contributed by atoms with E-state index in [0.29, 0.717) is 20.9 Å². The number of hydrogen-bond donors (Lipinski definition) is 2. The summed E-state index contributed by atoms with van der Waals surface area (Å²) in [5.41, 5.74) is 6.18. The molecule has 1 fully saturated rings. The Morgan fingerprint density at radius 3 is 2.46 bits per heavy atom. The SMILES string of the molecule is O=C(COc1ccccc1C1SCCS1)NNC(=O)c1ccc(Cl)cc1. The normalized spacial score (nSPS) is 14.0. The quantitative estimate of drug-likeness (QED) is 0.739. The zero-order valence-electron chi connectivity index (χ0n) is 13.7. The first-order chi connectivity index (χ1) is 12.6. The molecule has 2 amide bonds. The summed E-state index contributed by atoms with van der Waals surface area (Å²) in [5, 5.41) is 0.538. The topological polar surface area (TPSA) is 67.4 Å². The summed E-state index contributed by atoms with van der Waals surface area (Å²) in [6.07, 6.45) is 0. The molecule has 0 aliphatic carbocycles. The van der Waals surface area contributed by atoms with E-state index in [0.717, 1.165) is 17.1 Å². The highest BCUT2D eigenvalue weighted by Crippen LogP contribution is 2.48. The van der Waals surface area contributed by atoms with Gasteiger partial charge in [0.2, 0.25) is 0 Å². The summed E-state index contributed by atoms with van der Waals surface area (Å²) in [4.78, 5) is 23.9. The lowest BCUT2D eigenvalue weighted by Gasteiger charge is -2.15. The number of nitrogens with one attached hydrogen (secondary N) is 2. The number of halogens is 1. The van der Waals surface area contributed by atoms with Crippen LogP contribution in [0.2, 0.25) is 5.02 Å². The van der Waals surface area contributed by atoms with Gasteiger partial charge in [-0.15, -0.1) is 23.5 Å². The number of hydrazine groups is 1. The van der Waals surface area contributed by atoms with Crippen molar-refractivity contribution in [2.24, 2.45) is 0 Å². The lowest BCUT2D eigenvalue weighted by Crippen LogP contribution is -2.43. The molecule has 3 rings (SSSR count). The maximum atomic E-state index is 12.0. The zero-order chi connectivity index (χ0) is 18.4. The van der Waals surface area contributed by atoms with Gasteiger partial charge in [-0.2, -0.15) is 0 Å². The molecule has 1 aliphatic heterocycles. The maximum absolute atomic E-state index is 12.0. The Bertz CT molecular complexity index is 780. The Morgan fingerprint density at radius 1 is 1.04 bits per heavy atom. The summed E-state index contributed by atoms with van der Waals surface area (Å²) in [6.45, 7) is -0.181. The van der Waals surface area contributed by atoms with Crippen molar-refractivity contribution in [3.05, 3.63) is 64.7 Å². The Balaban J connectivity index is 1.50. The second kappa shape index (κ2) is 9.21. The third kappa shape index (κ3) is 5.09. The van der Waals surface area contributed by atoms with Crippen LogP contribution in [0.5, 0.6) is 5.75 Å². The minimum atomic E-state index is -0.436. The molecule has 5 nitrogen and oxygen atoms in total.